The molecule has 0 bridgehead atoms. The minimum atomic E-state index is 0.0202. The highest BCUT2D eigenvalue weighted by Crippen LogP contribution is 2.27. The molecule has 76 valence electrons. The Morgan fingerprint density at radius 1 is 1.57 bits per heavy atom. The van der Waals surface area contributed by atoms with Gasteiger partial charge in [-0.1, -0.05) is 0 Å². The number of pyridine rings is 1. The van der Waals surface area contributed by atoms with E-state index in [4.69, 9.17) is 5.11 Å². The fourth-order valence-corrected chi connectivity index (χ4v) is 1.76. The summed E-state index contributed by atoms with van der Waals surface area (Å²) in [6.45, 7) is 0.0202. The quantitative estimate of drug-likeness (QED) is 0.789. The smallest absolute Gasteiger partial charge is 0.0853 e. The number of aliphatic hydroxyl groups excluding tert-OH is 1. The number of aliphatic hydroxyl groups is 1. The normalized spacial score (nSPS) is 16.4. The van der Waals surface area contributed by atoms with E-state index in [9.17, 15) is 0 Å². The van der Waals surface area contributed by atoms with E-state index in [1.165, 1.54) is 19.3 Å². The second-order valence-corrected chi connectivity index (χ2v) is 3.86. The first-order valence-corrected chi connectivity index (χ1v) is 5.10. The maximum absolute atomic E-state index is 8.97. The predicted molar refractivity (Wildman–Crippen MR) is 56.2 cm³/mol. The Kier molecular flexibility index (Phi) is 2.68. The lowest BCUT2D eigenvalue weighted by molar-refractivity contribution is 0.277. The van der Waals surface area contributed by atoms with Crippen LogP contribution in [0.15, 0.2) is 18.3 Å². The Labute approximate surface area is 84.4 Å². The average Bonchev–Trinajstić information content (AvgIpc) is 2.15. The Bertz CT molecular complexity index is 310. The van der Waals surface area contributed by atoms with Crippen LogP contribution in [-0.2, 0) is 6.61 Å². The molecule has 1 aromatic rings. The van der Waals surface area contributed by atoms with Gasteiger partial charge in [0.05, 0.1) is 12.3 Å². The first-order valence-electron chi connectivity index (χ1n) is 5.10. The molecule has 0 radical (unpaired) electrons. The SMILES string of the molecule is CN(c1ccnc(CO)c1)C1CCC1. The summed E-state index contributed by atoms with van der Waals surface area (Å²) in [4.78, 5) is 6.35. The summed E-state index contributed by atoms with van der Waals surface area (Å²) in [6, 6.07) is 4.64. The van der Waals surface area contributed by atoms with Crippen molar-refractivity contribution in [3.05, 3.63) is 24.0 Å². The zero-order valence-electron chi connectivity index (χ0n) is 8.48. The molecule has 0 amide bonds. The molecule has 0 aliphatic heterocycles. The zero-order chi connectivity index (χ0) is 9.97. The minimum Gasteiger partial charge on any atom is -0.390 e. The standard InChI is InChI=1S/C11H16N2O/c1-13(10-3-2-4-10)11-5-6-12-9(7-11)8-14/h5-7,10,14H,2-4,8H2,1H3. The number of hydrogen-bond acceptors (Lipinski definition) is 3. The molecule has 1 aliphatic carbocycles. The van der Waals surface area contributed by atoms with E-state index in [-0.39, 0.29) is 6.61 Å². The van der Waals surface area contributed by atoms with Crippen molar-refractivity contribution in [1.29, 1.82) is 0 Å². The molecule has 0 saturated heterocycles. The topological polar surface area (TPSA) is 36.4 Å². The van der Waals surface area contributed by atoms with Crippen LogP contribution < -0.4 is 4.90 Å². The van der Waals surface area contributed by atoms with Crippen molar-refractivity contribution in [2.45, 2.75) is 31.9 Å². The van der Waals surface area contributed by atoms with Gasteiger partial charge in [-0.25, -0.2) is 0 Å². The van der Waals surface area contributed by atoms with Crippen LogP contribution in [0.3, 0.4) is 0 Å². The average molecular weight is 192 g/mol. The van der Waals surface area contributed by atoms with Gasteiger partial charge in [0, 0.05) is 25.0 Å². The fraction of sp³-hybridized carbons (Fsp3) is 0.545. The van der Waals surface area contributed by atoms with Gasteiger partial charge in [0.25, 0.3) is 0 Å². The zero-order valence-corrected chi connectivity index (χ0v) is 8.48. The molecule has 2 rings (SSSR count). The van der Waals surface area contributed by atoms with E-state index in [1.54, 1.807) is 6.20 Å². The lowest BCUT2D eigenvalue weighted by Crippen LogP contribution is -2.37. The Balaban J connectivity index is 2.13. The van der Waals surface area contributed by atoms with Crippen molar-refractivity contribution in [3.8, 4) is 0 Å². The third-order valence-corrected chi connectivity index (χ3v) is 2.99. The van der Waals surface area contributed by atoms with Crippen LogP contribution >= 0.6 is 0 Å². The van der Waals surface area contributed by atoms with Gasteiger partial charge in [0.2, 0.25) is 0 Å². The summed E-state index contributed by atoms with van der Waals surface area (Å²) in [5.74, 6) is 0. The first-order chi connectivity index (χ1) is 6.81. The molecule has 0 aromatic carbocycles. The van der Waals surface area contributed by atoms with Gasteiger partial charge in [0.15, 0.2) is 0 Å². The maximum Gasteiger partial charge on any atom is 0.0853 e. The first kappa shape index (κ1) is 9.46. The van der Waals surface area contributed by atoms with Gasteiger partial charge in [-0.05, 0) is 31.4 Å². The molecule has 0 atom stereocenters. The highest BCUT2D eigenvalue weighted by molar-refractivity contribution is 5.47. The molecule has 1 N–H and O–H groups in total. The van der Waals surface area contributed by atoms with Crippen LogP contribution in [0.2, 0.25) is 0 Å². The number of anilines is 1. The van der Waals surface area contributed by atoms with Crippen LogP contribution in [0.1, 0.15) is 25.0 Å². The molecule has 14 heavy (non-hydrogen) atoms. The lowest BCUT2D eigenvalue weighted by Gasteiger charge is -2.36. The van der Waals surface area contributed by atoms with E-state index >= 15 is 0 Å². The number of nitrogens with zero attached hydrogens (tertiary/aromatic N) is 2. The Morgan fingerprint density at radius 2 is 2.36 bits per heavy atom. The van der Waals surface area contributed by atoms with Gasteiger partial charge in [0.1, 0.15) is 0 Å². The van der Waals surface area contributed by atoms with Gasteiger partial charge in [-0.15, -0.1) is 0 Å². The molecule has 1 aromatic heterocycles. The molecule has 1 fully saturated rings. The lowest BCUT2D eigenvalue weighted by atomic mass is 9.91. The summed E-state index contributed by atoms with van der Waals surface area (Å²) in [6.07, 6.45) is 5.67. The third-order valence-electron chi connectivity index (χ3n) is 2.99. The van der Waals surface area contributed by atoms with Crippen molar-refractivity contribution < 1.29 is 5.11 Å². The summed E-state index contributed by atoms with van der Waals surface area (Å²) in [5.41, 5.74) is 1.91. The van der Waals surface area contributed by atoms with Crippen LogP contribution in [0.5, 0.6) is 0 Å². The maximum atomic E-state index is 8.97. The van der Waals surface area contributed by atoms with Crippen molar-refractivity contribution >= 4 is 5.69 Å². The highest BCUT2D eigenvalue weighted by atomic mass is 16.3. The molecule has 1 aliphatic rings. The van der Waals surface area contributed by atoms with Gasteiger partial charge in [-0.3, -0.25) is 4.98 Å². The van der Waals surface area contributed by atoms with E-state index < -0.39 is 0 Å². The number of aromatic nitrogens is 1. The van der Waals surface area contributed by atoms with Gasteiger partial charge in [-0.2, -0.15) is 0 Å². The van der Waals surface area contributed by atoms with E-state index in [2.05, 4.69) is 16.9 Å². The molecule has 0 unspecified atom stereocenters. The molecule has 1 saturated carbocycles. The highest BCUT2D eigenvalue weighted by Gasteiger charge is 2.22. The fourth-order valence-electron chi connectivity index (χ4n) is 1.76. The molecule has 1 heterocycles. The van der Waals surface area contributed by atoms with Crippen LogP contribution in [0, 0.1) is 0 Å². The Hall–Kier alpha value is -1.09. The molecular formula is C11H16N2O. The Morgan fingerprint density at radius 3 is 2.93 bits per heavy atom. The third kappa shape index (κ3) is 1.73. The summed E-state index contributed by atoms with van der Waals surface area (Å²) in [5, 5.41) is 8.97. The van der Waals surface area contributed by atoms with Gasteiger partial charge < -0.3 is 10.0 Å². The van der Waals surface area contributed by atoms with Crippen LogP contribution in [-0.4, -0.2) is 23.2 Å². The summed E-state index contributed by atoms with van der Waals surface area (Å²) < 4.78 is 0. The van der Waals surface area contributed by atoms with Crippen molar-refractivity contribution in [1.82, 2.24) is 4.98 Å². The minimum absolute atomic E-state index is 0.0202. The summed E-state index contributed by atoms with van der Waals surface area (Å²) >= 11 is 0. The van der Waals surface area contributed by atoms with Crippen molar-refractivity contribution in [2.75, 3.05) is 11.9 Å². The van der Waals surface area contributed by atoms with Crippen LogP contribution in [0.25, 0.3) is 0 Å². The number of rotatable bonds is 3. The second kappa shape index (κ2) is 3.96. The molecule has 3 heteroatoms. The van der Waals surface area contributed by atoms with Crippen molar-refractivity contribution in [3.63, 3.8) is 0 Å². The van der Waals surface area contributed by atoms with E-state index in [1.807, 2.05) is 12.1 Å². The predicted octanol–water partition coefficient (Wildman–Crippen LogP) is 1.56. The molecule has 0 spiro atoms. The van der Waals surface area contributed by atoms with E-state index in [0.717, 1.165) is 11.4 Å². The molecular weight excluding hydrogens is 176 g/mol. The monoisotopic (exact) mass is 192 g/mol. The largest absolute Gasteiger partial charge is 0.390 e. The van der Waals surface area contributed by atoms with Gasteiger partial charge >= 0.3 is 0 Å². The van der Waals surface area contributed by atoms with Crippen molar-refractivity contribution in [2.24, 2.45) is 0 Å². The summed E-state index contributed by atoms with van der Waals surface area (Å²) in [7, 11) is 2.11. The number of hydrogen-bond donors (Lipinski definition) is 1. The molecule has 3 nitrogen and oxygen atoms in total. The second-order valence-electron chi connectivity index (χ2n) is 3.86. The van der Waals surface area contributed by atoms with Crippen LogP contribution in [0.4, 0.5) is 5.69 Å². The van der Waals surface area contributed by atoms with E-state index in [0.29, 0.717) is 6.04 Å².